The predicted molar refractivity (Wildman–Crippen MR) is 111 cm³/mol. The summed E-state index contributed by atoms with van der Waals surface area (Å²) in [7, 11) is 0. The molecule has 0 aliphatic carbocycles. The fourth-order valence-corrected chi connectivity index (χ4v) is 3.52. The van der Waals surface area contributed by atoms with Crippen LogP contribution in [0.15, 0.2) is 4.34 Å². The highest BCUT2D eigenvalue weighted by Crippen LogP contribution is 2.30. The molecule has 0 saturated carbocycles. The number of nitrogens with one attached hydrogen (secondary N) is 2. The lowest BCUT2D eigenvalue weighted by Crippen LogP contribution is -2.34. The third-order valence-corrected chi connectivity index (χ3v) is 5.19. The zero-order valence-electron chi connectivity index (χ0n) is 17.4. The first-order valence-corrected chi connectivity index (χ1v) is 11.0. The molecule has 0 aliphatic rings. The summed E-state index contributed by atoms with van der Waals surface area (Å²) in [6.07, 6.45) is 2.36. The number of hydrogen-bond donors (Lipinski definition) is 2. The number of hydrogen-bond acceptors (Lipinski definition) is 9. The molecule has 9 nitrogen and oxygen atoms in total. The van der Waals surface area contributed by atoms with Gasteiger partial charge in [-0.15, -0.1) is 0 Å². The van der Waals surface area contributed by atoms with Crippen LogP contribution in [0, 0.1) is 0 Å². The summed E-state index contributed by atoms with van der Waals surface area (Å²) in [5.41, 5.74) is -0.489. The Kier molecular flexibility index (Phi) is 9.57. The number of ether oxygens (including phenoxy) is 2. The highest BCUT2D eigenvalue weighted by molar-refractivity contribution is 8.00. The van der Waals surface area contributed by atoms with Crippen molar-refractivity contribution in [2.45, 2.75) is 63.4 Å². The van der Waals surface area contributed by atoms with Crippen LogP contribution in [0.25, 0.3) is 0 Å². The van der Waals surface area contributed by atoms with Gasteiger partial charge < -0.3 is 20.1 Å². The lowest BCUT2D eigenvalue weighted by atomic mass is 10.1. The van der Waals surface area contributed by atoms with Gasteiger partial charge in [-0.2, -0.15) is 0 Å². The number of anilines is 1. The molecule has 0 saturated heterocycles. The minimum atomic E-state index is -0.578. The quantitative estimate of drug-likeness (QED) is 0.439. The molecule has 1 aromatic heterocycles. The molecule has 0 unspecified atom stereocenters. The maximum absolute atomic E-state index is 12.6. The zero-order valence-corrected chi connectivity index (χ0v) is 19.0. The first-order valence-electron chi connectivity index (χ1n) is 8.92. The van der Waals surface area contributed by atoms with Gasteiger partial charge in [-0.3, -0.25) is 19.2 Å². The number of thiazole rings is 1. The highest BCUT2D eigenvalue weighted by atomic mass is 32.2. The van der Waals surface area contributed by atoms with Gasteiger partial charge in [-0.05, 0) is 40.4 Å². The van der Waals surface area contributed by atoms with Gasteiger partial charge in [0.25, 0.3) is 11.8 Å². The van der Waals surface area contributed by atoms with Crippen molar-refractivity contribution in [3.05, 3.63) is 5.69 Å². The molecule has 162 valence electrons. The predicted octanol–water partition coefficient (Wildman–Crippen LogP) is 2.61. The van der Waals surface area contributed by atoms with Crippen LogP contribution in [0.4, 0.5) is 5.00 Å². The molecule has 2 N–H and O–H groups in total. The van der Waals surface area contributed by atoms with Crippen LogP contribution in [0.2, 0.25) is 0 Å². The lowest BCUT2D eigenvalue weighted by Gasteiger charge is -2.20. The summed E-state index contributed by atoms with van der Waals surface area (Å²) >= 11 is 2.48. The Morgan fingerprint density at radius 1 is 1.24 bits per heavy atom. The first kappa shape index (κ1) is 24.9. The zero-order chi connectivity index (χ0) is 22.2. The van der Waals surface area contributed by atoms with E-state index in [4.69, 9.17) is 4.74 Å². The van der Waals surface area contributed by atoms with Gasteiger partial charge in [-0.25, -0.2) is 4.98 Å². The van der Waals surface area contributed by atoms with Crippen molar-refractivity contribution >= 4 is 51.9 Å². The van der Waals surface area contributed by atoms with Crippen LogP contribution in [-0.2, 0) is 23.9 Å². The van der Waals surface area contributed by atoms with E-state index in [-0.39, 0.29) is 29.1 Å². The molecule has 0 fully saturated rings. The van der Waals surface area contributed by atoms with E-state index in [1.54, 1.807) is 34.0 Å². The molecule has 1 atom stereocenters. The molecule has 2 amide bonds. The fourth-order valence-electron chi connectivity index (χ4n) is 2.05. The smallest absolute Gasteiger partial charge is 0.306 e. The monoisotopic (exact) mass is 445 g/mol. The van der Waals surface area contributed by atoms with E-state index < -0.39 is 30.0 Å². The van der Waals surface area contributed by atoms with Gasteiger partial charge in [0, 0.05) is 19.4 Å². The molecule has 0 bridgehead atoms. The Morgan fingerprint density at radius 2 is 1.90 bits per heavy atom. The topological polar surface area (TPSA) is 124 Å². The SMILES string of the molecule is CSc1nc(C(=O)N[C@H](C)CCC(=O)OC(C)(C)C)c(NC(=O)COC(C)=O)s1. The first-order chi connectivity index (χ1) is 13.4. The Morgan fingerprint density at radius 3 is 2.45 bits per heavy atom. The second-order valence-corrected chi connectivity index (χ2v) is 9.24. The van der Waals surface area contributed by atoms with Gasteiger partial charge in [0.2, 0.25) is 0 Å². The fraction of sp³-hybridized carbons (Fsp3) is 0.611. The van der Waals surface area contributed by atoms with E-state index in [0.717, 1.165) is 11.3 Å². The summed E-state index contributed by atoms with van der Waals surface area (Å²) < 4.78 is 10.5. The number of amides is 2. The molecule has 1 rings (SSSR count). The number of nitrogens with zero attached hydrogens (tertiary/aromatic N) is 1. The maximum atomic E-state index is 12.6. The summed E-state index contributed by atoms with van der Waals surface area (Å²) in [5, 5.41) is 5.58. The molecule has 0 aromatic carbocycles. The molecule has 0 aliphatic heterocycles. The number of carbonyl (C=O) groups excluding carboxylic acids is 4. The number of rotatable bonds is 9. The van der Waals surface area contributed by atoms with E-state index in [1.807, 2.05) is 0 Å². The van der Waals surface area contributed by atoms with Crippen LogP contribution in [0.1, 0.15) is 57.9 Å². The standard InChI is InChI=1S/C18H27N3O6S2/c1-10(7-8-13(24)27-18(3,4)5)19-15(25)14-16(29-17(21-14)28-6)20-12(23)9-26-11(2)22/h10H,7-9H2,1-6H3,(H,19,25)(H,20,23)/t10-/m1/s1. The molecular weight excluding hydrogens is 418 g/mol. The molecule has 0 radical (unpaired) electrons. The Hall–Kier alpha value is -2.14. The summed E-state index contributed by atoms with van der Waals surface area (Å²) in [5.74, 6) is -1.95. The second-order valence-electron chi connectivity index (χ2n) is 7.19. The van der Waals surface area contributed by atoms with E-state index in [0.29, 0.717) is 10.8 Å². The molecule has 1 aromatic rings. The van der Waals surface area contributed by atoms with Crippen molar-refractivity contribution < 1.29 is 28.7 Å². The summed E-state index contributed by atoms with van der Waals surface area (Å²) in [4.78, 5) is 51.4. The van der Waals surface area contributed by atoms with Crippen LogP contribution in [0.5, 0.6) is 0 Å². The molecular formula is C18H27N3O6S2. The average molecular weight is 446 g/mol. The van der Waals surface area contributed by atoms with Gasteiger partial charge in [-0.1, -0.05) is 23.1 Å². The van der Waals surface area contributed by atoms with Gasteiger partial charge in [0.1, 0.15) is 10.6 Å². The molecule has 11 heteroatoms. The van der Waals surface area contributed by atoms with E-state index in [9.17, 15) is 19.2 Å². The number of carbonyl (C=O) groups is 4. The summed E-state index contributed by atoms with van der Waals surface area (Å²) in [6.45, 7) is 7.89. The van der Waals surface area contributed by atoms with Crippen molar-refractivity contribution in [3.63, 3.8) is 0 Å². The number of esters is 2. The van der Waals surface area contributed by atoms with Crippen molar-refractivity contribution in [2.24, 2.45) is 0 Å². The molecule has 0 spiro atoms. The van der Waals surface area contributed by atoms with E-state index in [2.05, 4.69) is 20.4 Å². The third kappa shape index (κ3) is 9.75. The minimum Gasteiger partial charge on any atom is -0.460 e. The number of aromatic nitrogens is 1. The highest BCUT2D eigenvalue weighted by Gasteiger charge is 2.22. The van der Waals surface area contributed by atoms with Crippen LogP contribution < -0.4 is 10.6 Å². The van der Waals surface area contributed by atoms with Crippen LogP contribution in [-0.4, -0.2) is 53.2 Å². The Balaban J connectivity index is 2.70. The van der Waals surface area contributed by atoms with Crippen molar-refractivity contribution in [3.8, 4) is 0 Å². The van der Waals surface area contributed by atoms with Gasteiger partial charge >= 0.3 is 11.9 Å². The summed E-state index contributed by atoms with van der Waals surface area (Å²) in [6, 6.07) is -0.306. The second kappa shape index (κ2) is 11.1. The Labute approximate surface area is 178 Å². The molecule has 1 heterocycles. The van der Waals surface area contributed by atoms with Crippen molar-refractivity contribution in [1.82, 2.24) is 10.3 Å². The molecule has 29 heavy (non-hydrogen) atoms. The van der Waals surface area contributed by atoms with Crippen LogP contribution in [0.3, 0.4) is 0 Å². The lowest BCUT2D eigenvalue weighted by molar-refractivity contribution is -0.155. The van der Waals surface area contributed by atoms with Crippen molar-refractivity contribution in [2.75, 3.05) is 18.2 Å². The maximum Gasteiger partial charge on any atom is 0.306 e. The minimum absolute atomic E-state index is 0.0691. The largest absolute Gasteiger partial charge is 0.460 e. The Bertz CT molecular complexity index is 757. The average Bonchev–Trinajstić information content (AvgIpc) is 2.99. The van der Waals surface area contributed by atoms with Crippen molar-refractivity contribution in [1.29, 1.82) is 0 Å². The van der Waals surface area contributed by atoms with Crippen LogP contribution >= 0.6 is 23.1 Å². The van der Waals surface area contributed by atoms with E-state index >= 15 is 0 Å². The normalized spacial score (nSPS) is 12.1. The third-order valence-electron chi connectivity index (χ3n) is 3.24. The van der Waals surface area contributed by atoms with Gasteiger partial charge in [0.15, 0.2) is 16.6 Å². The van der Waals surface area contributed by atoms with E-state index in [1.165, 1.54) is 18.7 Å². The van der Waals surface area contributed by atoms with Gasteiger partial charge in [0.05, 0.1) is 0 Å². The number of thioether (sulfide) groups is 1.